The van der Waals surface area contributed by atoms with Crippen molar-refractivity contribution in [1.82, 2.24) is 19.5 Å². The van der Waals surface area contributed by atoms with Crippen molar-refractivity contribution in [2.24, 2.45) is 0 Å². The molecule has 0 spiro atoms. The van der Waals surface area contributed by atoms with Gasteiger partial charge in [0.2, 0.25) is 0 Å². The van der Waals surface area contributed by atoms with E-state index in [-0.39, 0.29) is 11.7 Å². The molecule has 184 valence electrons. The van der Waals surface area contributed by atoms with Gasteiger partial charge in [0.05, 0.1) is 0 Å². The molecule has 0 aromatic carbocycles. The quantitative estimate of drug-likeness (QED) is 0.579. The molecular weight excluding hydrogens is 434 g/mol. The van der Waals surface area contributed by atoms with E-state index in [1.165, 1.54) is 16.7 Å². The van der Waals surface area contributed by atoms with Crippen molar-refractivity contribution in [3.63, 3.8) is 0 Å². The maximum atomic E-state index is 12.9. The normalized spacial score (nSPS) is 18.8. The predicted molar refractivity (Wildman–Crippen MR) is 145 cm³/mol. The Kier molecular flexibility index (Phi) is 7.51. The first-order valence-corrected chi connectivity index (χ1v) is 12.6. The number of fused-ring (bicyclic) bond motifs is 2. The summed E-state index contributed by atoms with van der Waals surface area (Å²) in [5.74, 6) is 0.668. The number of unbranched alkanes of at least 4 members (excludes halogenated alkanes) is 1. The maximum absolute atomic E-state index is 12.9. The van der Waals surface area contributed by atoms with Gasteiger partial charge in [-0.05, 0) is 69.9 Å². The van der Waals surface area contributed by atoms with Crippen LogP contribution in [0.5, 0.6) is 0 Å². The van der Waals surface area contributed by atoms with Crippen LogP contribution < -0.4 is 11.0 Å². The third-order valence-corrected chi connectivity index (χ3v) is 6.98. The Morgan fingerprint density at radius 3 is 2.80 bits per heavy atom. The number of nitrogens with one attached hydrogen (secondary N) is 1. The van der Waals surface area contributed by atoms with Gasteiger partial charge in [-0.15, -0.1) is 0 Å². The van der Waals surface area contributed by atoms with Crippen molar-refractivity contribution in [2.75, 3.05) is 12.0 Å². The van der Waals surface area contributed by atoms with Gasteiger partial charge in [-0.2, -0.15) is 0 Å². The average Bonchev–Trinajstić information content (AvgIpc) is 2.85. The summed E-state index contributed by atoms with van der Waals surface area (Å²) in [4.78, 5) is 24.7. The number of allylic oxidation sites excluding steroid dienone is 6. The highest BCUT2D eigenvalue weighted by atomic mass is 16.1. The van der Waals surface area contributed by atoms with Gasteiger partial charge in [0.1, 0.15) is 6.17 Å². The van der Waals surface area contributed by atoms with Crippen LogP contribution in [-0.4, -0.2) is 32.3 Å². The number of aryl methyl sites for hydroxylation is 1. The molecule has 6 nitrogen and oxygen atoms in total. The molecule has 2 aromatic heterocycles. The van der Waals surface area contributed by atoms with Crippen LogP contribution in [0.2, 0.25) is 0 Å². The second-order valence-corrected chi connectivity index (χ2v) is 9.61. The van der Waals surface area contributed by atoms with Gasteiger partial charge in [-0.3, -0.25) is 20.1 Å². The van der Waals surface area contributed by atoms with E-state index in [4.69, 9.17) is 4.98 Å². The van der Waals surface area contributed by atoms with Gasteiger partial charge >= 0.3 is 0 Å². The Morgan fingerprint density at radius 1 is 1.26 bits per heavy atom. The molecule has 35 heavy (non-hydrogen) atoms. The summed E-state index contributed by atoms with van der Waals surface area (Å²) < 4.78 is 1.60. The van der Waals surface area contributed by atoms with Crippen molar-refractivity contribution >= 4 is 11.6 Å². The van der Waals surface area contributed by atoms with Crippen molar-refractivity contribution < 1.29 is 0 Å². The topological polar surface area (TPSA) is 63.1 Å². The van der Waals surface area contributed by atoms with Crippen molar-refractivity contribution in [3.8, 4) is 0 Å². The zero-order valence-electron chi connectivity index (χ0n) is 21.9. The van der Waals surface area contributed by atoms with E-state index in [2.05, 4.69) is 73.4 Å². The predicted octanol–water partition coefficient (Wildman–Crippen LogP) is 5.31. The number of hydrogen-bond donors (Lipinski definition) is 1. The van der Waals surface area contributed by atoms with Crippen molar-refractivity contribution in [3.05, 3.63) is 92.0 Å². The third-order valence-electron chi connectivity index (χ3n) is 6.98. The summed E-state index contributed by atoms with van der Waals surface area (Å²) >= 11 is 0. The molecule has 0 saturated carbocycles. The molecule has 4 heterocycles. The van der Waals surface area contributed by atoms with Crippen molar-refractivity contribution in [2.45, 2.75) is 73.5 Å². The number of nitrogens with zero attached hydrogens (tertiary/aromatic N) is 4. The van der Waals surface area contributed by atoms with Crippen LogP contribution in [0.3, 0.4) is 0 Å². The number of rotatable bonds is 6. The zero-order chi connectivity index (χ0) is 25.1. The molecule has 0 saturated heterocycles. The third kappa shape index (κ3) is 5.22. The Hall–Kier alpha value is -3.25. The largest absolute Gasteiger partial charge is 0.300 e. The fraction of sp³-hybridized carbons (Fsp3) is 0.414. The van der Waals surface area contributed by atoms with Crippen LogP contribution in [0.1, 0.15) is 74.4 Å². The minimum Gasteiger partial charge on any atom is -0.300 e. The smallest absolute Gasteiger partial charge is 0.275 e. The lowest BCUT2D eigenvalue weighted by atomic mass is 9.98. The van der Waals surface area contributed by atoms with Gasteiger partial charge < -0.3 is 0 Å². The van der Waals surface area contributed by atoms with Crippen LogP contribution in [0.15, 0.2) is 52.5 Å². The molecule has 6 heteroatoms. The summed E-state index contributed by atoms with van der Waals surface area (Å²) in [5, 5.41) is 0. The van der Waals surface area contributed by atoms with E-state index >= 15 is 0 Å². The molecule has 4 rings (SSSR count). The average molecular weight is 472 g/mol. The summed E-state index contributed by atoms with van der Waals surface area (Å²) in [6, 6.07) is 2.27. The monoisotopic (exact) mass is 471 g/mol. The molecule has 2 aliphatic heterocycles. The lowest BCUT2D eigenvalue weighted by Crippen LogP contribution is -2.52. The fourth-order valence-electron chi connectivity index (χ4n) is 4.68. The highest BCUT2D eigenvalue weighted by Gasteiger charge is 2.29. The molecule has 0 bridgehead atoms. The summed E-state index contributed by atoms with van der Waals surface area (Å²) in [7, 11) is 0. The standard InChI is InChI=1S/C29H37N5O/c1-7-9-10-19(3)11-12-23(8-2)24-16-25-18-33(14-13-26(25)30-17-24)28-20(4)15-27-31-22(6)21(5)29(35)34(27)32-28/h8,10-12,15-17,28,32H,7,9,13-14,18H2,1-6H3/b12-11-,19-10+,23-8+. The van der Waals surface area contributed by atoms with Crippen LogP contribution in [0.4, 0.5) is 0 Å². The molecule has 2 aliphatic rings. The Bertz CT molecular complexity index is 1290. The van der Waals surface area contributed by atoms with Crippen LogP contribution in [0, 0.1) is 13.8 Å². The highest BCUT2D eigenvalue weighted by Crippen LogP contribution is 2.27. The SMILES string of the molecule is C\C=C(/C=C\C(C)=C\CCC)c1cnc2c(c1)CN(C1Nn3c(nc(C)c(C)c3=O)C=C1C)CC2. The Morgan fingerprint density at radius 2 is 2.06 bits per heavy atom. The van der Waals surface area contributed by atoms with E-state index in [0.29, 0.717) is 11.4 Å². The summed E-state index contributed by atoms with van der Waals surface area (Å²) in [5.41, 5.74) is 12.0. The molecule has 2 aromatic rings. The summed E-state index contributed by atoms with van der Waals surface area (Å²) in [6.07, 6.45) is 15.9. The van der Waals surface area contributed by atoms with Gasteiger partial charge in [0.25, 0.3) is 5.56 Å². The molecule has 1 N–H and O–H groups in total. The van der Waals surface area contributed by atoms with Crippen LogP contribution >= 0.6 is 0 Å². The molecular formula is C29H37N5O. The highest BCUT2D eigenvalue weighted by molar-refractivity contribution is 5.74. The van der Waals surface area contributed by atoms with E-state index in [0.717, 1.165) is 54.9 Å². The zero-order valence-corrected chi connectivity index (χ0v) is 21.9. The Labute approximate surface area is 208 Å². The van der Waals surface area contributed by atoms with E-state index in [9.17, 15) is 4.79 Å². The fourth-order valence-corrected chi connectivity index (χ4v) is 4.68. The van der Waals surface area contributed by atoms with Crippen LogP contribution in [0.25, 0.3) is 11.6 Å². The maximum Gasteiger partial charge on any atom is 0.275 e. The molecule has 0 aliphatic carbocycles. The lowest BCUT2D eigenvalue weighted by molar-refractivity contribution is 0.205. The first-order chi connectivity index (χ1) is 16.8. The van der Waals surface area contributed by atoms with Crippen LogP contribution in [-0.2, 0) is 13.0 Å². The van der Waals surface area contributed by atoms with E-state index in [1.807, 2.05) is 26.1 Å². The molecule has 1 unspecified atom stereocenters. The van der Waals surface area contributed by atoms with Gasteiger partial charge in [0, 0.05) is 48.2 Å². The molecule has 0 fully saturated rings. The minimum absolute atomic E-state index is 0.0320. The minimum atomic E-state index is -0.0617. The lowest BCUT2D eigenvalue weighted by Gasteiger charge is -2.39. The Balaban J connectivity index is 1.57. The second kappa shape index (κ2) is 10.6. The van der Waals surface area contributed by atoms with Gasteiger partial charge in [-0.25, -0.2) is 9.66 Å². The summed E-state index contributed by atoms with van der Waals surface area (Å²) in [6.45, 7) is 13.9. The van der Waals surface area contributed by atoms with E-state index in [1.54, 1.807) is 4.68 Å². The number of hydrogen-bond acceptors (Lipinski definition) is 5. The molecule has 0 amide bonds. The first-order valence-electron chi connectivity index (χ1n) is 12.6. The second-order valence-electron chi connectivity index (χ2n) is 9.61. The first kappa shape index (κ1) is 24.9. The molecule has 0 radical (unpaired) electrons. The molecule has 1 atom stereocenters. The van der Waals surface area contributed by atoms with Gasteiger partial charge in [0.15, 0.2) is 5.82 Å². The van der Waals surface area contributed by atoms with Crippen molar-refractivity contribution in [1.29, 1.82) is 0 Å². The van der Waals surface area contributed by atoms with Gasteiger partial charge in [-0.1, -0.05) is 43.2 Å². The number of aromatic nitrogens is 3. The number of pyridine rings is 1. The van der Waals surface area contributed by atoms with E-state index < -0.39 is 0 Å².